The van der Waals surface area contributed by atoms with Crippen LogP contribution in [0.5, 0.6) is 0 Å². The standard InChI is InChI=1S/C18H20F3NO3/c1-11(17(24)25-12-5-2-3-6-12)9-22-10-14-13(16(22)23)7-4-8-15(14)18(19,20)21/h4,7-8,11-12H,2-3,5-6,9-10H2,1H3/t11-/m0/s1. The lowest BCUT2D eigenvalue weighted by Crippen LogP contribution is -2.34. The number of fused-ring (bicyclic) bond motifs is 1. The highest BCUT2D eigenvalue weighted by molar-refractivity contribution is 5.99. The van der Waals surface area contributed by atoms with Crippen molar-refractivity contribution in [3.8, 4) is 0 Å². The van der Waals surface area contributed by atoms with E-state index < -0.39 is 29.5 Å². The molecule has 1 aliphatic heterocycles. The molecular formula is C18H20F3NO3. The van der Waals surface area contributed by atoms with Gasteiger partial charge < -0.3 is 9.64 Å². The Labute approximate surface area is 143 Å². The molecule has 0 unspecified atom stereocenters. The summed E-state index contributed by atoms with van der Waals surface area (Å²) in [5, 5.41) is 0. The van der Waals surface area contributed by atoms with Gasteiger partial charge in [0.15, 0.2) is 0 Å². The zero-order valence-corrected chi connectivity index (χ0v) is 13.9. The highest BCUT2D eigenvalue weighted by Gasteiger charge is 2.40. The van der Waals surface area contributed by atoms with E-state index in [4.69, 9.17) is 4.74 Å². The number of esters is 1. The van der Waals surface area contributed by atoms with Gasteiger partial charge in [-0.3, -0.25) is 9.59 Å². The molecule has 4 nitrogen and oxygen atoms in total. The van der Waals surface area contributed by atoms with Gasteiger partial charge in [0.1, 0.15) is 6.10 Å². The summed E-state index contributed by atoms with van der Waals surface area (Å²) in [6.45, 7) is 1.56. The molecule has 1 amide bonds. The molecule has 0 saturated heterocycles. The van der Waals surface area contributed by atoms with Crippen LogP contribution in [0, 0.1) is 5.92 Å². The largest absolute Gasteiger partial charge is 0.462 e. The van der Waals surface area contributed by atoms with E-state index in [1.165, 1.54) is 17.0 Å². The van der Waals surface area contributed by atoms with Crippen molar-refractivity contribution in [2.45, 2.75) is 51.4 Å². The van der Waals surface area contributed by atoms with Crippen LogP contribution < -0.4 is 0 Å². The highest BCUT2D eigenvalue weighted by Crippen LogP contribution is 2.37. The fourth-order valence-electron chi connectivity index (χ4n) is 3.50. The van der Waals surface area contributed by atoms with Crippen LogP contribution in [0.15, 0.2) is 18.2 Å². The van der Waals surface area contributed by atoms with Crippen LogP contribution in [0.2, 0.25) is 0 Å². The van der Waals surface area contributed by atoms with Gasteiger partial charge in [-0.1, -0.05) is 13.0 Å². The number of halogens is 3. The second-order valence-electron chi connectivity index (χ2n) is 6.76. The SMILES string of the molecule is C[C@@H](CN1Cc2c(cccc2C(F)(F)F)C1=O)C(=O)OC1CCCC1. The van der Waals surface area contributed by atoms with Crippen LogP contribution in [-0.4, -0.2) is 29.4 Å². The molecule has 1 aromatic rings. The lowest BCUT2D eigenvalue weighted by Gasteiger charge is -2.21. The monoisotopic (exact) mass is 355 g/mol. The molecule has 25 heavy (non-hydrogen) atoms. The fourth-order valence-corrected chi connectivity index (χ4v) is 3.50. The summed E-state index contributed by atoms with van der Waals surface area (Å²) in [5.41, 5.74) is -0.746. The Morgan fingerprint density at radius 1 is 1.32 bits per heavy atom. The van der Waals surface area contributed by atoms with Crippen molar-refractivity contribution < 1.29 is 27.5 Å². The summed E-state index contributed by atoms with van der Waals surface area (Å²) < 4.78 is 44.8. The quantitative estimate of drug-likeness (QED) is 0.772. The molecule has 136 valence electrons. The third kappa shape index (κ3) is 3.65. The third-order valence-electron chi connectivity index (χ3n) is 4.83. The van der Waals surface area contributed by atoms with Gasteiger partial charge in [0.25, 0.3) is 5.91 Å². The minimum absolute atomic E-state index is 0.0173. The van der Waals surface area contributed by atoms with Crippen LogP contribution in [0.25, 0.3) is 0 Å². The van der Waals surface area contributed by atoms with E-state index in [0.717, 1.165) is 31.7 Å². The number of nitrogens with zero attached hydrogens (tertiary/aromatic N) is 1. The van der Waals surface area contributed by atoms with Crippen molar-refractivity contribution in [1.29, 1.82) is 0 Å². The molecule has 7 heteroatoms. The van der Waals surface area contributed by atoms with Crippen molar-refractivity contribution in [1.82, 2.24) is 4.90 Å². The van der Waals surface area contributed by atoms with Crippen LogP contribution in [0.1, 0.15) is 54.1 Å². The minimum Gasteiger partial charge on any atom is -0.462 e. The lowest BCUT2D eigenvalue weighted by molar-refractivity contribution is -0.153. The summed E-state index contributed by atoms with van der Waals surface area (Å²) in [5.74, 6) is -1.44. The Morgan fingerprint density at radius 3 is 2.64 bits per heavy atom. The Morgan fingerprint density at radius 2 is 2.00 bits per heavy atom. The van der Waals surface area contributed by atoms with Crippen molar-refractivity contribution in [2.75, 3.05) is 6.54 Å². The summed E-state index contributed by atoms with van der Waals surface area (Å²) in [6.07, 6.45) is -0.811. The molecule has 1 fully saturated rings. The number of amides is 1. The molecule has 0 spiro atoms. The molecule has 1 aromatic carbocycles. The summed E-state index contributed by atoms with van der Waals surface area (Å²) in [4.78, 5) is 25.8. The van der Waals surface area contributed by atoms with E-state index in [2.05, 4.69) is 0 Å². The van der Waals surface area contributed by atoms with Gasteiger partial charge in [-0.15, -0.1) is 0 Å². The van der Waals surface area contributed by atoms with Gasteiger partial charge in [-0.2, -0.15) is 13.2 Å². The predicted molar refractivity (Wildman–Crippen MR) is 83.7 cm³/mol. The smallest absolute Gasteiger partial charge is 0.416 e. The number of rotatable bonds is 4. The van der Waals surface area contributed by atoms with Crippen molar-refractivity contribution in [2.24, 2.45) is 5.92 Å². The van der Waals surface area contributed by atoms with Crippen LogP contribution >= 0.6 is 0 Å². The van der Waals surface area contributed by atoms with Gasteiger partial charge >= 0.3 is 12.1 Å². The summed E-state index contributed by atoms with van der Waals surface area (Å²) >= 11 is 0. The van der Waals surface area contributed by atoms with Crippen LogP contribution in [-0.2, 0) is 22.3 Å². The number of ether oxygens (including phenoxy) is 1. The maximum atomic E-state index is 13.1. The molecule has 1 aliphatic carbocycles. The third-order valence-corrected chi connectivity index (χ3v) is 4.83. The number of carbonyl (C=O) groups is 2. The molecule has 3 rings (SSSR count). The van der Waals surface area contributed by atoms with Gasteiger partial charge in [0, 0.05) is 18.7 Å². The van der Waals surface area contributed by atoms with Crippen LogP contribution in [0.3, 0.4) is 0 Å². The Kier molecular flexibility index (Phi) is 4.75. The van der Waals surface area contributed by atoms with E-state index >= 15 is 0 Å². The number of benzene rings is 1. The second kappa shape index (κ2) is 6.69. The number of alkyl halides is 3. The average molecular weight is 355 g/mol. The average Bonchev–Trinajstić information content (AvgIpc) is 3.15. The first-order chi connectivity index (χ1) is 11.8. The Balaban J connectivity index is 1.68. The maximum Gasteiger partial charge on any atom is 0.416 e. The van der Waals surface area contributed by atoms with E-state index in [9.17, 15) is 22.8 Å². The van der Waals surface area contributed by atoms with E-state index in [1.54, 1.807) is 6.92 Å². The van der Waals surface area contributed by atoms with Crippen LogP contribution in [0.4, 0.5) is 13.2 Å². The number of carbonyl (C=O) groups excluding carboxylic acids is 2. The first-order valence-corrected chi connectivity index (χ1v) is 8.46. The van der Waals surface area contributed by atoms with Crippen molar-refractivity contribution >= 4 is 11.9 Å². The number of hydrogen-bond acceptors (Lipinski definition) is 3. The van der Waals surface area contributed by atoms with Gasteiger partial charge in [0.05, 0.1) is 11.5 Å². The molecule has 0 N–H and O–H groups in total. The fraction of sp³-hybridized carbons (Fsp3) is 0.556. The molecule has 0 radical (unpaired) electrons. The molecule has 0 aromatic heterocycles. The van der Waals surface area contributed by atoms with Crippen molar-refractivity contribution in [3.05, 3.63) is 34.9 Å². The molecule has 1 heterocycles. The Hall–Kier alpha value is -2.05. The first-order valence-electron chi connectivity index (χ1n) is 8.46. The van der Waals surface area contributed by atoms with Gasteiger partial charge in [-0.05, 0) is 43.4 Å². The maximum absolute atomic E-state index is 13.1. The molecule has 2 aliphatic rings. The molecule has 0 bridgehead atoms. The Bertz CT molecular complexity index is 681. The summed E-state index contributed by atoms with van der Waals surface area (Å²) in [6, 6.07) is 3.61. The zero-order valence-electron chi connectivity index (χ0n) is 13.9. The minimum atomic E-state index is -4.51. The highest BCUT2D eigenvalue weighted by atomic mass is 19.4. The number of hydrogen-bond donors (Lipinski definition) is 0. The second-order valence-corrected chi connectivity index (χ2v) is 6.76. The van der Waals surface area contributed by atoms with Gasteiger partial charge in [0.2, 0.25) is 0 Å². The predicted octanol–water partition coefficient (Wildman–Crippen LogP) is 3.78. The molecule has 1 atom stereocenters. The first kappa shape index (κ1) is 17.8. The lowest BCUT2D eigenvalue weighted by atomic mass is 10.0. The molecular weight excluding hydrogens is 335 g/mol. The topological polar surface area (TPSA) is 46.6 Å². The van der Waals surface area contributed by atoms with E-state index in [0.29, 0.717) is 0 Å². The van der Waals surface area contributed by atoms with E-state index in [1.807, 2.05) is 0 Å². The summed E-state index contributed by atoms with van der Waals surface area (Å²) in [7, 11) is 0. The van der Waals surface area contributed by atoms with E-state index in [-0.39, 0.29) is 30.3 Å². The normalized spacial score (nSPS) is 19.2. The zero-order chi connectivity index (χ0) is 18.2. The molecule has 1 saturated carbocycles. The van der Waals surface area contributed by atoms with Crippen molar-refractivity contribution in [3.63, 3.8) is 0 Å². The van der Waals surface area contributed by atoms with Gasteiger partial charge in [-0.25, -0.2) is 0 Å².